The summed E-state index contributed by atoms with van der Waals surface area (Å²) in [4.78, 5) is 0. The molecule has 0 bridgehead atoms. The highest BCUT2D eigenvalue weighted by Gasteiger charge is 2.66. The minimum atomic E-state index is -4.31. The Morgan fingerprint density at radius 3 is 2.19 bits per heavy atom. The SMILES string of the molecule is CC1(C)C(C(Cc2cccc(C(F)(F)F)c2)NN)C1(C)C. The van der Waals surface area contributed by atoms with Crippen LogP contribution in [0.2, 0.25) is 0 Å². The highest BCUT2D eigenvalue weighted by molar-refractivity contribution is 5.28. The van der Waals surface area contributed by atoms with Gasteiger partial charge in [-0.2, -0.15) is 13.2 Å². The number of hydrogen-bond acceptors (Lipinski definition) is 2. The Bertz CT molecular complexity index is 506. The van der Waals surface area contributed by atoms with E-state index < -0.39 is 11.7 Å². The predicted molar refractivity (Wildman–Crippen MR) is 77.3 cm³/mol. The van der Waals surface area contributed by atoms with Crippen LogP contribution in [-0.2, 0) is 12.6 Å². The van der Waals surface area contributed by atoms with Gasteiger partial charge in [0.15, 0.2) is 0 Å². The number of alkyl halides is 3. The second kappa shape index (κ2) is 4.99. The zero-order valence-electron chi connectivity index (χ0n) is 12.9. The summed E-state index contributed by atoms with van der Waals surface area (Å²) in [6.07, 6.45) is -3.81. The second-order valence-corrected chi connectivity index (χ2v) is 7.10. The zero-order valence-corrected chi connectivity index (χ0v) is 12.9. The van der Waals surface area contributed by atoms with Crippen LogP contribution in [0.5, 0.6) is 0 Å². The van der Waals surface area contributed by atoms with Crippen LogP contribution in [0.3, 0.4) is 0 Å². The standard InChI is InChI=1S/C16H23F3N2/c1-14(2)13(15(14,3)4)12(21-20)9-10-6-5-7-11(8-10)16(17,18)19/h5-8,12-13,21H,9,20H2,1-4H3. The first-order chi connectivity index (χ1) is 9.51. The van der Waals surface area contributed by atoms with Gasteiger partial charge in [-0.3, -0.25) is 11.3 Å². The van der Waals surface area contributed by atoms with Crippen molar-refractivity contribution < 1.29 is 13.2 Å². The molecule has 0 saturated heterocycles. The summed E-state index contributed by atoms with van der Waals surface area (Å²) < 4.78 is 38.3. The van der Waals surface area contributed by atoms with Crippen molar-refractivity contribution in [1.82, 2.24) is 5.43 Å². The molecule has 0 spiro atoms. The lowest BCUT2D eigenvalue weighted by Gasteiger charge is -2.19. The summed E-state index contributed by atoms with van der Waals surface area (Å²) in [5.41, 5.74) is 3.11. The van der Waals surface area contributed by atoms with E-state index in [4.69, 9.17) is 5.84 Å². The van der Waals surface area contributed by atoms with Crippen LogP contribution < -0.4 is 11.3 Å². The van der Waals surface area contributed by atoms with Gasteiger partial charge in [0.2, 0.25) is 0 Å². The number of rotatable bonds is 4. The topological polar surface area (TPSA) is 38.0 Å². The van der Waals surface area contributed by atoms with Crippen molar-refractivity contribution >= 4 is 0 Å². The highest BCUT2D eigenvalue weighted by atomic mass is 19.4. The van der Waals surface area contributed by atoms with Crippen LogP contribution in [0.15, 0.2) is 24.3 Å². The number of halogens is 3. The normalized spacial score (nSPS) is 22.1. The van der Waals surface area contributed by atoms with Gasteiger partial charge in [-0.15, -0.1) is 0 Å². The van der Waals surface area contributed by atoms with Gasteiger partial charge in [0.1, 0.15) is 0 Å². The fourth-order valence-corrected chi connectivity index (χ4v) is 3.65. The Kier molecular flexibility index (Phi) is 3.87. The van der Waals surface area contributed by atoms with E-state index in [1.54, 1.807) is 6.07 Å². The lowest BCUT2D eigenvalue weighted by atomic mass is 9.96. The summed E-state index contributed by atoms with van der Waals surface area (Å²) >= 11 is 0. The molecule has 1 aliphatic rings. The first-order valence-corrected chi connectivity index (χ1v) is 7.14. The average Bonchev–Trinajstić information content (AvgIpc) is 2.77. The van der Waals surface area contributed by atoms with Crippen molar-refractivity contribution in [1.29, 1.82) is 0 Å². The van der Waals surface area contributed by atoms with E-state index in [1.165, 1.54) is 12.1 Å². The Labute approximate surface area is 123 Å². The Hall–Kier alpha value is -1.07. The first kappa shape index (κ1) is 16.3. The largest absolute Gasteiger partial charge is 0.416 e. The minimum absolute atomic E-state index is 0.0292. The number of benzene rings is 1. The van der Waals surface area contributed by atoms with E-state index in [1.807, 2.05) is 0 Å². The molecule has 21 heavy (non-hydrogen) atoms. The van der Waals surface area contributed by atoms with E-state index in [2.05, 4.69) is 33.1 Å². The van der Waals surface area contributed by atoms with Gasteiger partial charge in [0.05, 0.1) is 5.56 Å². The second-order valence-electron chi connectivity index (χ2n) is 7.10. The first-order valence-electron chi connectivity index (χ1n) is 7.14. The Morgan fingerprint density at radius 2 is 1.76 bits per heavy atom. The molecule has 0 aliphatic heterocycles. The third kappa shape index (κ3) is 2.81. The number of nitrogens with one attached hydrogen (secondary N) is 1. The van der Waals surface area contributed by atoms with Crippen molar-refractivity contribution in [3.63, 3.8) is 0 Å². The maximum atomic E-state index is 12.8. The molecule has 2 nitrogen and oxygen atoms in total. The molecule has 0 heterocycles. The summed E-state index contributed by atoms with van der Waals surface area (Å²) in [6, 6.07) is 5.46. The molecule has 0 amide bonds. The van der Waals surface area contributed by atoms with Crippen LogP contribution in [0.25, 0.3) is 0 Å². The van der Waals surface area contributed by atoms with Crippen LogP contribution in [0.4, 0.5) is 13.2 Å². The molecule has 1 saturated carbocycles. The average molecular weight is 300 g/mol. The van der Waals surface area contributed by atoms with Crippen molar-refractivity contribution in [2.24, 2.45) is 22.6 Å². The molecule has 1 aliphatic carbocycles. The van der Waals surface area contributed by atoms with E-state index in [0.29, 0.717) is 17.9 Å². The molecule has 0 aromatic heterocycles. The monoisotopic (exact) mass is 300 g/mol. The number of hydrazine groups is 1. The van der Waals surface area contributed by atoms with E-state index in [9.17, 15) is 13.2 Å². The van der Waals surface area contributed by atoms with Crippen molar-refractivity contribution in [2.75, 3.05) is 0 Å². The zero-order chi connectivity index (χ0) is 16.1. The fourth-order valence-electron chi connectivity index (χ4n) is 3.65. The van der Waals surface area contributed by atoms with Gasteiger partial charge in [-0.25, -0.2) is 0 Å². The van der Waals surface area contributed by atoms with Gasteiger partial charge in [-0.05, 0) is 34.8 Å². The quantitative estimate of drug-likeness (QED) is 0.656. The predicted octanol–water partition coefficient (Wildman–Crippen LogP) is 3.76. The van der Waals surface area contributed by atoms with Gasteiger partial charge in [-0.1, -0.05) is 45.9 Å². The third-order valence-corrected chi connectivity index (χ3v) is 5.46. The summed E-state index contributed by atoms with van der Waals surface area (Å²) in [5, 5.41) is 0. The molecule has 1 fully saturated rings. The maximum Gasteiger partial charge on any atom is 0.416 e. The summed E-state index contributed by atoms with van der Waals surface area (Å²) in [6.45, 7) is 8.70. The summed E-state index contributed by atoms with van der Waals surface area (Å²) in [7, 11) is 0. The molecule has 2 rings (SSSR count). The lowest BCUT2D eigenvalue weighted by Crippen LogP contribution is -2.40. The number of nitrogens with two attached hydrogens (primary N) is 1. The molecular weight excluding hydrogens is 277 g/mol. The molecule has 1 aromatic carbocycles. The Morgan fingerprint density at radius 1 is 1.19 bits per heavy atom. The number of hydrogen-bond donors (Lipinski definition) is 2. The molecule has 3 N–H and O–H groups in total. The molecule has 118 valence electrons. The van der Waals surface area contributed by atoms with Gasteiger partial charge >= 0.3 is 6.18 Å². The van der Waals surface area contributed by atoms with Crippen molar-refractivity contribution in [3.05, 3.63) is 35.4 Å². The van der Waals surface area contributed by atoms with E-state index >= 15 is 0 Å². The fraction of sp³-hybridized carbons (Fsp3) is 0.625. The maximum absolute atomic E-state index is 12.8. The van der Waals surface area contributed by atoms with Gasteiger partial charge in [0.25, 0.3) is 0 Å². The summed E-state index contributed by atoms with van der Waals surface area (Å²) in [5.74, 6) is 5.99. The molecule has 5 heteroatoms. The van der Waals surface area contributed by atoms with Crippen LogP contribution in [-0.4, -0.2) is 6.04 Å². The molecule has 1 unspecified atom stereocenters. The molecule has 1 atom stereocenters. The van der Waals surface area contributed by atoms with Crippen molar-refractivity contribution in [3.8, 4) is 0 Å². The smallest absolute Gasteiger partial charge is 0.271 e. The molecular formula is C16H23F3N2. The van der Waals surface area contributed by atoms with Gasteiger partial charge < -0.3 is 0 Å². The van der Waals surface area contributed by atoms with Crippen LogP contribution >= 0.6 is 0 Å². The van der Waals surface area contributed by atoms with Crippen LogP contribution in [0.1, 0.15) is 38.8 Å². The third-order valence-electron chi connectivity index (χ3n) is 5.46. The van der Waals surface area contributed by atoms with E-state index in [0.717, 1.165) is 6.07 Å². The highest BCUT2D eigenvalue weighted by Crippen LogP contribution is 2.69. The molecule has 1 aromatic rings. The minimum Gasteiger partial charge on any atom is -0.271 e. The molecule has 0 radical (unpaired) electrons. The Balaban J connectivity index is 2.18. The van der Waals surface area contributed by atoms with E-state index in [-0.39, 0.29) is 16.9 Å². The lowest BCUT2D eigenvalue weighted by molar-refractivity contribution is -0.137. The van der Waals surface area contributed by atoms with Crippen molar-refractivity contribution in [2.45, 2.75) is 46.3 Å². The van der Waals surface area contributed by atoms with Crippen LogP contribution in [0, 0.1) is 16.7 Å². The van der Waals surface area contributed by atoms with Gasteiger partial charge in [0, 0.05) is 6.04 Å².